The molecular formula is C28H29N3O4S2. The Morgan fingerprint density at radius 1 is 1.11 bits per heavy atom. The van der Waals surface area contributed by atoms with E-state index in [1.165, 1.54) is 4.88 Å². The number of hydrogen-bond donors (Lipinski definition) is 1. The highest BCUT2D eigenvalue weighted by Gasteiger charge is 2.29. The van der Waals surface area contributed by atoms with Crippen LogP contribution in [0, 0.1) is 12.8 Å². The fourth-order valence-corrected chi connectivity index (χ4v) is 7.21. The van der Waals surface area contributed by atoms with Gasteiger partial charge < -0.3 is 4.74 Å². The normalized spacial score (nSPS) is 15.4. The minimum Gasteiger partial charge on any atom is -0.462 e. The topological polar surface area (TPSA) is 98.2 Å². The second kappa shape index (κ2) is 10.2. The zero-order valence-corrected chi connectivity index (χ0v) is 22.7. The molecule has 0 bridgehead atoms. The molecule has 37 heavy (non-hydrogen) atoms. The van der Waals surface area contributed by atoms with Gasteiger partial charge in [0.25, 0.3) is 10.0 Å². The third-order valence-electron chi connectivity index (χ3n) is 6.60. The first-order chi connectivity index (χ1) is 17.7. The first-order valence-electron chi connectivity index (χ1n) is 12.4. The van der Waals surface area contributed by atoms with E-state index in [0.717, 1.165) is 35.3 Å². The SMILES string of the molecule is CCOC(=O)c1c(Cc2nc3ccccc3nc2NS(=O)(=O)c2ccc(C)cc2)sc2c1CCC(C)C2. The summed E-state index contributed by atoms with van der Waals surface area (Å²) in [4.78, 5) is 24.7. The number of benzene rings is 2. The number of thiophene rings is 1. The monoisotopic (exact) mass is 535 g/mol. The smallest absolute Gasteiger partial charge is 0.339 e. The summed E-state index contributed by atoms with van der Waals surface area (Å²) >= 11 is 1.60. The fourth-order valence-electron chi connectivity index (χ4n) is 4.67. The molecule has 0 amide bonds. The van der Waals surface area contributed by atoms with E-state index in [9.17, 15) is 13.2 Å². The Hall–Kier alpha value is -3.30. The first-order valence-corrected chi connectivity index (χ1v) is 14.7. The van der Waals surface area contributed by atoms with Crippen molar-refractivity contribution in [2.24, 2.45) is 5.92 Å². The molecule has 1 unspecified atom stereocenters. The number of sulfonamides is 1. The second-order valence-electron chi connectivity index (χ2n) is 9.47. The Kier molecular flexibility index (Phi) is 7.00. The Morgan fingerprint density at radius 2 is 1.81 bits per heavy atom. The van der Waals surface area contributed by atoms with Crippen molar-refractivity contribution in [2.75, 3.05) is 11.3 Å². The lowest BCUT2D eigenvalue weighted by atomic mass is 9.88. The predicted octanol–water partition coefficient (Wildman–Crippen LogP) is 5.69. The molecule has 2 heterocycles. The quantitative estimate of drug-likeness (QED) is 0.305. The number of para-hydroxylation sites is 2. The number of esters is 1. The van der Waals surface area contributed by atoms with Crippen LogP contribution >= 0.6 is 11.3 Å². The van der Waals surface area contributed by atoms with Crippen LogP contribution in [0.15, 0.2) is 53.4 Å². The number of aryl methyl sites for hydroxylation is 1. The van der Waals surface area contributed by atoms with Gasteiger partial charge in [0.1, 0.15) is 0 Å². The van der Waals surface area contributed by atoms with Gasteiger partial charge in [0.15, 0.2) is 5.82 Å². The number of hydrogen-bond acceptors (Lipinski definition) is 7. The largest absolute Gasteiger partial charge is 0.462 e. The molecule has 0 spiro atoms. The lowest BCUT2D eigenvalue weighted by Crippen LogP contribution is -2.17. The van der Waals surface area contributed by atoms with Crippen LogP contribution in [0.5, 0.6) is 0 Å². The van der Waals surface area contributed by atoms with Crippen LogP contribution in [-0.4, -0.2) is 31.0 Å². The molecule has 1 aliphatic rings. The molecule has 7 nitrogen and oxygen atoms in total. The zero-order chi connectivity index (χ0) is 26.2. The molecule has 2 aromatic heterocycles. The minimum atomic E-state index is -3.90. The Balaban J connectivity index is 1.60. The van der Waals surface area contributed by atoms with Crippen molar-refractivity contribution >= 4 is 44.2 Å². The number of nitrogens with one attached hydrogen (secondary N) is 1. The highest BCUT2D eigenvalue weighted by Crippen LogP contribution is 2.38. The van der Waals surface area contributed by atoms with Gasteiger partial charge in [-0.1, -0.05) is 36.8 Å². The van der Waals surface area contributed by atoms with Crippen molar-refractivity contribution in [1.29, 1.82) is 0 Å². The average molecular weight is 536 g/mol. The van der Waals surface area contributed by atoms with Crippen LogP contribution in [0.3, 0.4) is 0 Å². The molecule has 4 aromatic rings. The molecule has 2 aromatic carbocycles. The van der Waals surface area contributed by atoms with Gasteiger partial charge in [-0.3, -0.25) is 4.72 Å². The van der Waals surface area contributed by atoms with E-state index in [0.29, 0.717) is 28.2 Å². The van der Waals surface area contributed by atoms with Gasteiger partial charge >= 0.3 is 5.97 Å². The summed E-state index contributed by atoms with van der Waals surface area (Å²) in [5.74, 6) is 0.375. The van der Waals surface area contributed by atoms with Crippen molar-refractivity contribution in [3.05, 3.63) is 80.7 Å². The van der Waals surface area contributed by atoms with Gasteiger partial charge in [-0.15, -0.1) is 11.3 Å². The van der Waals surface area contributed by atoms with Crippen LogP contribution < -0.4 is 4.72 Å². The molecule has 9 heteroatoms. The maximum atomic E-state index is 13.3. The van der Waals surface area contributed by atoms with Crippen molar-refractivity contribution in [3.63, 3.8) is 0 Å². The summed E-state index contributed by atoms with van der Waals surface area (Å²) in [5.41, 5.74) is 4.34. The Morgan fingerprint density at radius 3 is 2.51 bits per heavy atom. The van der Waals surface area contributed by atoms with Crippen LogP contribution in [-0.2, 0) is 34.0 Å². The molecule has 0 fully saturated rings. The lowest BCUT2D eigenvalue weighted by molar-refractivity contribution is 0.0524. The third kappa shape index (κ3) is 5.24. The minimum absolute atomic E-state index is 0.145. The van der Waals surface area contributed by atoms with Gasteiger partial charge in [0.2, 0.25) is 0 Å². The summed E-state index contributed by atoms with van der Waals surface area (Å²) in [5, 5.41) is 0. The lowest BCUT2D eigenvalue weighted by Gasteiger charge is -2.18. The number of carbonyl (C=O) groups excluding carboxylic acids is 1. The van der Waals surface area contributed by atoms with Crippen molar-refractivity contribution in [1.82, 2.24) is 9.97 Å². The molecule has 0 radical (unpaired) electrons. The maximum Gasteiger partial charge on any atom is 0.339 e. The molecule has 1 aliphatic carbocycles. The van der Waals surface area contributed by atoms with Gasteiger partial charge in [-0.25, -0.2) is 23.2 Å². The molecule has 0 aliphatic heterocycles. The van der Waals surface area contributed by atoms with Gasteiger partial charge in [-0.2, -0.15) is 0 Å². The van der Waals surface area contributed by atoms with Crippen LogP contribution in [0.1, 0.15) is 57.2 Å². The highest BCUT2D eigenvalue weighted by atomic mass is 32.2. The van der Waals surface area contributed by atoms with E-state index in [1.54, 1.807) is 48.6 Å². The number of carbonyl (C=O) groups is 1. The summed E-state index contributed by atoms with van der Waals surface area (Å²) in [6, 6.07) is 14.0. The highest BCUT2D eigenvalue weighted by molar-refractivity contribution is 7.92. The molecule has 1 N–H and O–H groups in total. The van der Waals surface area contributed by atoms with E-state index < -0.39 is 10.0 Å². The Bertz CT molecular complexity index is 1580. The molecule has 0 saturated heterocycles. The van der Waals surface area contributed by atoms with Crippen molar-refractivity contribution in [2.45, 2.75) is 51.3 Å². The molecule has 1 atom stereocenters. The van der Waals surface area contributed by atoms with Gasteiger partial charge in [0, 0.05) is 16.2 Å². The maximum absolute atomic E-state index is 13.3. The van der Waals surface area contributed by atoms with Gasteiger partial charge in [-0.05, 0) is 68.9 Å². The molecular weight excluding hydrogens is 506 g/mol. The standard InChI is InChI=1S/C28H29N3O4S2/c1-4-35-28(32)26-20-14-11-18(3)15-24(20)36-25(26)16-23-27(30-22-8-6-5-7-21(22)29-23)31-37(33,34)19-12-9-17(2)10-13-19/h5-10,12-13,18H,4,11,14-16H2,1-3H3,(H,30,31). The zero-order valence-electron chi connectivity index (χ0n) is 21.1. The van der Waals surface area contributed by atoms with E-state index in [4.69, 9.17) is 9.72 Å². The van der Waals surface area contributed by atoms with E-state index in [-0.39, 0.29) is 29.7 Å². The summed E-state index contributed by atoms with van der Waals surface area (Å²) < 4.78 is 34.6. The number of nitrogens with zero attached hydrogens (tertiary/aromatic N) is 2. The number of ether oxygens (including phenoxy) is 1. The van der Waals surface area contributed by atoms with Crippen LogP contribution in [0.25, 0.3) is 11.0 Å². The summed E-state index contributed by atoms with van der Waals surface area (Å²) in [6.45, 7) is 6.21. The van der Waals surface area contributed by atoms with Gasteiger partial charge in [0.05, 0.1) is 33.8 Å². The van der Waals surface area contributed by atoms with E-state index in [1.807, 2.05) is 25.1 Å². The number of rotatable bonds is 7. The second-order valence-corrected chi connectivity index (χ2v) is 12.3. The molecule has 192 valence electrons. The van der Waals surface area contributed by atoms with Crippen molar-refractivity contribution in [3.8, 4) is 0 Å². The van der Waals surface area contributed by atoms with Crippen molar-refractivity contribution < 1.29 is 17.9 Å². The summed E-state index contributed by atoms with van der Waals surface area (Å²) in [6.07, 6.45) is 3.04. The van der Waals surface area contributed by atoms with Crippen LogP contribution in [0.4, 0.5) is 5.82 Å². The molecule has 5 rings (SSSR count). The number of aromatic nitrogens is 2. The fraction of sp³-hybridized carbons (Fsp3) is 0.321. The predicted molar refractivity (Wildman–Crippen MR) is 146 cm³/mol. The molecule has 0 saturated carbocycles. The van der Waals surface area contributed by atoms with E-state index in [2.05, 4.69) is 16.6 Å². The van der Waals surface area contributed by atoms with E-state index >= 15 is 0 Å². The summed E-state index contributed by atoms with van der Waals surface area (Å²) in [7, 11) is -3.90. The van der Waals surface area contributed by atoms with Crippen LogP contribution in [0.2, 0.25) is 0 Å². The Labute approximate surface area is 221 Å². The first kappa shape index (κ1) is 25.4. The number of anilines is 1. The third-order valence-corrected chi connectivity index (χ3v) is 9.21. The number of fused-ring (bicyclic) bond motifs is 2. The average Bonchev–Trinajstić information content (AvgIpc) is 3.21.